The molecule has 30 heavy (non-hydrogen) atoms. The highest BCUT2D eigenvalue weighted by Crippen LogP contribution is 2.42. The quantitative estimate of drug-likeness (QED) is 0.641. The summed E-state index contributed by atoms with van der Waals surface area (Å²) in [5, 5.41) is 13.1. The second kappa shape index (κ2) is 7.48. The van der Waals surface area contributed by atoms with E-state index in [9.17, 15) is 24.0 Å². The number of imide groups is 1. The van der Waals surface area contributed by atoms with Gasteiger partial charge in [-0.05, 0) is 42.1 Å². The Kier molecular flexibility index (Phi) is 4.84. The van der Waals surface area contributed by atoms with Crippen LogP contribution in [0.3, 0.4) is 0 Å². The van der Waals surface area contributed by atoms with E-state index in [1.807, 2.05) is 0 Å². The summed E-state index contributed by atoms with van der Waals surface area (Å²) in [6.07, 6.45) is 0. The molecule has 1 fully saturated rings. The minimum Gasteiger partial charge on any atom is -0.478 e. The molecule has 2 aliphatic heterocycles. The van der Waals surface area contributed by atoms with Crippen molar-refractivity contribution >= 4 is 57.6 Å². The molecule has 10 heteroatoms. The van der Waals surface area contributed by atoms with Crippen molar-refractivity contribution in [1.29, 1.82) is 0 Å². The van der Waals surface area contributed by atoms with Gasteiger partial charge in [0.25, 0.3) is 17.1 Å². The van der Waals surface area contributed by atoms with Crippen LogP contribution < -0.4 is 15.5 Å². The van der Waals surface area contributed by atoms with Crippen LogP contribution in [0.4, 0.5) is 16.2 Å². The van der Waals surface area contributed by atoms with E-state index in [1.54, 1.807) is 24.3 Å². The highest BCUT2D eigenvalue weighted by molar-refractivity contribution is 8.18. The first-order valence-electron chi connectivity index (χ1n) is 8.67. The van der Waals surface area contributed by atoms with Gasteiger partial charge in [-0.15, -0.1) is 0 Å². The number of amides is 4. The fourth-order valence-corrected chi connectivity index (χ4v) is 3.95. The number of hydrogen-bond donors (Lipinski definition) is 3. The number of carboxylic acids is 1. The molecule has 0 spiro atoms. The predicted octanol–water partition coefficient (Wildman–Crippen LogP) is 2.06. The maximum Gasteiger partial charge on any atom is 0.335 e. The van der Waals surface area contributed by atoms with E-state index in [0.717, 1.165) is 0 Å². The van der Waals surface area contributed by atoms with Crippen LogP contribution >= 0.6 is 11.8 Å². The summed E-state index contributed by atoms with van der Waals surface area (Å²) in [6.45, 7) is -0.326. The molecule has 2 aromatic rings. The van der Waals surface area contributed by atoms with E-state index in [1.165, 1.54) is 29.2 Å². The number of para-hydroxylation sites is 1. The fraction of sp³-hybridized carbons (Fsp3) is 0.0500. The van der Waals surface area contributed by atoms with E-state index in [-0.39, 0.29) is 22.6 Å². The van der Waals surface area contributed by atoms with Gasteiger partial charge in [-0.2, -0.15) is 0 Å². The second-order valence-corrected chi connectivity index (χ2v) is 7.37. The molecule has 0 aliphatic carbocycles. The number of rotatable bonds is 4. The van der Waals surface area contributed by atoms with Crippen LogP contribution in [0.2, 0.25) is 0 Å². The average molecular weight is 423 g/mol. The highest BCUT2D eigenvalue weighted by Gasteiger charge is 2.40. The number of carbonyl (C=O) groups excluding carboxylic acids is 4. The van der Waals surface area contributed by atoms with Crippen molar-refractivity contribution in [3.63, 3.8) is 0 Å². The lowest BCUT2D eigenvalue weighted by Gasteiger charge is -2.16. The molecule has 4 amide bonds. The summed E-state index contributed by atoms with van der Waals surface area (Å²) in [5.41, 5.74) is 1.45. The van der Waals surface area contributed by atoms with Crippen LogP contribution in [0.1, 0.15) is 15.9 Å². The smallest absolute Gasteiger partial charge is 0.335 e. The van der Waals surface area contributed by atoms with E-state index in [4.69, 9.17) is 5.11 Å². The lowest BCUT2D eigenvalue weighted by Crippen LogP contribution is -2.35. The molecule has 9 nitrogen and oxygen atoms in total. The van der Waals surface area contributed by atoms with Crippen molar-refractivity contribution in [2.45, 2.75) is 0 Å². The molecule has 2 aliphatic rings. The standard InChI is InChI=1S/C20H13N3O6S/c24-14(21-11-7-5-10(6-8-11)19(27)28)9-23-13-4-2-1-3-12(13)15(18(23)26)16-17(25)22-20(29)30-16/h1-8H,9H2,(H,21,24)(H,27,28)(H,22,25,29)/b16-15+. The van der Waals surface area contributed by atoms with Gasteiger partial charge in [-0.25, -0.2) is 4.79 Å². The van der Waals surface area contributed by atoms with Gasteiger partial charge in [0.15, 0.2) is 0 Å². The first-order chi connectivity index (χ1) is 14.3. The van der Waals surface area contributed by atoms with Gasteiger partial charge in [0.1, 0.15) is 6.54 Å². The van der Waals surface area contributed by atoms with Gasteiger partial charge in [-0.1, -0.05) is 18.2 Å². The second-order valence-electron chi connectivity index (χ2n) is 6.39. The third kappa shape index (κ3) is 3.44. The zero-order chi connectivity index (χ0) is 21.4. The molecule has 0 radical (unpaired) electrons. The minimum absolute atomic E-state index is 0.00428. The first kappa shape index (κ1) is 19.4. The summed E-state index contributed by atoms with van der Waals surface area (Å²) in [5.74, 6) is -2.79. The van der Waals surface area contributed by atoms with Gasteiger partial charge in [0.05, 0.1) is 21.7 Å². The zero-order valence-electron chi connectivity index (χ0n) is 15.2. The summed E-state index contributed by atoms with van der Waals surface area (Å²) in [7, 11) is 0. The normalized spacial score (nSPS) is 17.7. The van der Waals surface area contributed by atoms with Crippen molar-refractivity contribution in [3.8, 4) is 0 Å². The maximum atomic E-state index is 13.0. The van der Waals surface area contributed by atoms with Crippen LogP contribution in [0.25, 0.3) is 5.57 Å². The van der Waals surface area contributed by atoms with Crippen molar-refractivity contribution in [1.82, 2.24) is 5.32 Å². The zero-order valence-corrected chi connectivity index (χ0v) is 16.0. The Bertz CT molecular complexity index is 1160. The van der Waals surface area contributed by atoms with E-state index >= 15 is 0 Å². The Morgan fingerprint density at radius 3 is 2.37 bits per heavy atom. The monoisotopic (exact) mass is 423 g/mol. The first-order valence-corrected chi connectivity index (χ1v) is 9.48. The number of aromatic carboxylic acids is 1. The number of benzene rings is 2. The molecule has 1 saturated heterocycles. The summed E-state index contributed by atoms with van der Waals surface area (Å²) in [6, 6.07) is 12.3. The number of carbonyl (C=O) groups is 5. The lowest BCUT2D eigenvalue weighted by atomic mass is 10.1. The molecule has 0 bridgehead atoms. The highest BCUT2D eigenvalue weighted by atomic mass is 32.2. The number of nitrogens with zero attached hydrogens (tertiary/aromatic N) is 1. The molecule has 2 heterocycles. The van der Waals surface area contributed by atoms with Crippen molar-refractivity contribution in [2.75, 3.05) is 16.8 Å². The third-order valence-electron chi connectivity index (χ3n) is 4.48. The molecule has 0 atom stereocenters. The number of thioether (sulfide) groups is 1. The van der Waals surface area contributed by atoms with Gasteiger partial charge < -0.3 is 10.4 Å². The van der Waals surface area contributed by atoms with Crippen molar-refractivity contribution in [3.05, 3.63) is 64.6 Å². The van der Waals surface area contributed by atoms with Gasteiger partial charge in [-0.3, -0.25) is 29.4 Å². The summed E-state index contributed by atoms with van der Waals surface area (Å²) < 4.78 is 0. The van der Waals surface area contributed by atoms with Crippen molar-refractivity contribution < 1.29 is 29.1 Å². The Hall–Kier alpha value is -3.92. The lowest BCUT2D eigenvalue weighted by molar-refractivity contribution is -0.118. The topological polar surface area (TPSA) is 133 Å². The number of hydrogen-bond acceptors (Lipinski definition) is 6. The molecule has 2 aromatic carbocycles. The Morgan fingerprint density at radius 1 is 1.03 bits per heavy atom. The Morgan fingerprint density at radius 2 is 1.73 bits per heavy atom. The summed E-state index contributed by atoms with van der Waals surface area (Å²) in [4.78, 5) is 61.3. The molecule has 0 unspecified atom stereocenters. The summed E-state index contributed by atoms with van der Waals surface area (Å²) >= 11 is 0.649. The van der Waals surface area contributed by atoms with Crippen molar-refractivity contribution in [2.24, 2.45) is 0 Å². The molecular weight excluding hydrogens is 410 g/mol. The number of nitrogens with one attached hydrogen (secondary N) is 2. The predicted molar refractivity (Wildman–Crippen MR) is 109 cm³/mol. The molecular formula is C20H13N3O6S. The molecule has 0 saturated carbocycles. The van der Waals surface area contributed by atoms with E-state index in [2.05, 4.69) is 10.6 Å². The third-order valence-corrected chi connectivity index (χ3v) is 5.37. The number of anilines is 2. The molecule has 150 valence electrons. The van der Waals surface area contributed by atoms with Crippen LogP contribution in [0.5, 0.6) is 0 Å². The SMILES string of the molecule is O=C(CN1C(=O)/C(=C2/SC(=O)NC2=O)c2ccccc21)Nc1ccc(C(=O)O)cc1. The van der Waals surface area contributed by atoms with Gasteiger partial charge in [0, 0.05) is 11.3 Å². The van der Waals surface area contributed by atoms with Crippen LogP contribution in [-0.2, 0) is 14.4 Å². The number of carboxylic acid groups (broad SMARTS) is 1. The largest absolute Gasteiger partial charge is 0.478 e. The fourth-order valence-electron chi connectivity index (χ4n) is 3.18. The Labute approximate surface area is 173 Å². The van der Waals surface area contributed by atoms with Crippen LogP contribution in [-0.4, -0.2) is 40.6 Å². The van der Waals surface area contributed by atoms with E-state index in [0.29, 0.717) is 28.7 Å². The average Bonchev–Trinajstić information content (AvgIpc) is 3.18. The van der Waals surface area contributed by atoms with Crippen LogP contribution in [0.15, 0.2) is 53.4 Å². The minimum atomic E-state index is -1.08. The van der Waals surface area contributed by atoms with Crippen LogP contribution in [0, 0.1) is 0 Å². The molecule has 0 aromatic heterocycles. The van der Waals surface area contributed by atoms with E-state index < -0.39 is 28.9 Å². The van der Waals surface area contributed by atoms with Gasteiger partial charge in [0.2, 0.25) is 5.91 Å². The molecule has 3 N–H and O–H groups in total. The Balaban J connectivity index is 1.59. The maximum absolute atomic E-state index is 13.0. The number of fused-ring (bicyclic) bond motifs is 1. The molecule has 4 rings (SSSR count). The van der Waals surface area contributed by atoms with Gasteiger partial charge >= 0.3 is 5.97 Å².